The Morgan fingerprint density at radius 2 is 2.12 bits per heavy atom. The molecular formula is C12H11BrN2O2. The summed E-state index contributed by atoms with van der Waals surface area (Å²) in [6.07, 6.45) is 0. The Morgan fingerprint density at radius 3 is 2.71 bits per heavy atom. The monoisotopic (exact) mass is 294 g/mol. The summed E-state index contributed by atoms with van der Waals surface area (Å²) in [6, 6.07) is 7.47. The molecule has 0 saturated carbocycles. The van der Waals surface area contributed by atoms with Crippen molar-refractivity contribution in [3.05, 3.63) is 46.0 Å². The molecule has 0 aliphatic rings. The van der Waals surface area contributed by atoms with E-state index < -0.39 is 5.97 Å². The molecule has 1 aromatic heterocycles. The molecule has 0 aliphatic heterocycles. The van der Waals surface area contributed by atoms with Crippen molar-refractivity contribution in [1.82, 2.24) is 9.55 Å². The van der Waals surface area contributed by atoms with E-state index in [1.54, 1.807) is 18.4 Å². The topological polar surface area (TPSA) is 55.1 Å². The number of halogens is 1. The molecule has 1 heterocycles. The van der Waals surface area contributed by atoms with Crippen LogP contribution in [0.2, 0.25) is 0 Å². The Hall–Kier alpha value is -1.62. The summed E-state index contributed by atoms with van der Waals surface area (Å²) in [5.41, 5.74) is 1.52. The maximum atomic E-state index is 11.2. The normalized spacial score (nSPS) is 10.5. The second-order valence-electron chi connectivity index (χ2n) is 3.71. The van der Waals surface area contributed by atoms with Crippen molar-refractivity contribution in [3.63, 3.8) is 0 Å². The molecule has 2 aromatic rings. The van der Waals surface area contributed by atoms with Crippen LogP contribution in [-0.4, -0.2) is 20.6 Å². The number of aryl methyl sites for hydroxylation is 2. The van der Waals surface area contributed by atoms with Crippen molar-refractivity contribution in [3.8, 4) is 5.69 Å². The number of hydrogen-bond acceptors (Lipinski definition) is 2. The second kappa shape index (κ2) is 4.33. The summed E-state index contributed by atoms with van der Waals surface area (Å²) in [4.78, 5) is 15.4. The van der Waals surface area contributed by atoms with Crippen LogP contribution in [0.1, 0.15) is 22.0 Å². The van der Waals surface area contributed by atoms with Gasteiger partial charge in [0.1, 0.15) is 5.82 Å². The lowest BCUT2D eigenvalue weighted by molar-refractivity contribution is 0.0687. The Labute approximate surface area is 107 Å². The number of rotatable bonds is 2. The van der Waals surface area contributed by atoms with Crippen LogP contribution in [0.3, 0.4) is 0 Å². The predicted molar refractivity (Wildman–Crippen MR) is 67.7 cm³/mol. The van der Waals surface area contributed by atoms with Gasteiger partial charge in [0, 0.05) is 10.2 Å². The van der Waals surface area contributed by atoms with Crippen molar-refractivity contribution >= 4 is 21.9 Å². The van der Waals surface area contributed by atoms with Crippen LogP contribution < -0.4 is 0 Å². The quantitative estimate of drug-likeness (QED) is 0.926. The van der Waals surface area contributed by atoms with Crippen molar-refractivity contribution in [2.24, 2.45) is 0 Å². The summed E-state index contributed by atoms with van der Waals surface area (Å²) < 4.78 is 2.54. The molecule has 1 N–H and O–H groups in total. The van der Waals surface area contributed by atoms with Crippen LogP contribution in [0.4, 0.5) is 0 Å². The van der Waals surface area contributed by atoms with Crippen molar-refractivity contribution in [2.45, 2.75) is 13.8 Å². The number of imidazole rings is 1. The molecule has 2 rings (SSSR count). The van der Waals surface area contributed by atoms with E-state index in [9.17, 15) is 9.90 Å². The van der Waals surface area contributed by atoms with Crippen LogP contribution in [0.25, 0.3) is 5.69 Å². The fourth-order valence-corrected chi connectivity index (χ4v) is 2.24. The average Bonchev–Trinajstić information content (AvgIpc) is 2.53. The van der Waals surface area contributed by atoms with E-state index >= 15 is 0 Å². The molecular weight excluding hydrogens is 284 g/mol. The Bertz CT molecular complexity index is 590. The Balaban J connectivity index is 2.70. The molecule has 1 aromatic carbocycles. The van der Waals surface area contributed by atoms with Crippen LogP contribution >= 0.6 is 15.9 Å². The van der Waals surface area contributed by atoms with Gasteiger partial charge in [-0.1, -0.05) is 22.0 Å². The summed E-state index contributed by atoms with van der Waals surface area (Å²) in [6.45, 7) is 3.49. The van der Waals surface area contributed by atoms with Gasteiger partial charge in [-0.15, -0.1) is 0 Å². The smallest absolute Gasteiger partial charge is 0.354 e. The third-order valence-electron chi connectivity index (χ3n) is 2.49. The first-order valence-electron chi connectivity index (χ1n) is 5.06. The van der Waals surface area contributed by atoms with Crippen LogP contribution in [-0.2, 0) is 0 Å². The molecule has 88 valence electrons. The fourth-order valence-electron chi connectivity index (χ4n) is 1.85. The molecule has 0 radical (unpaired) electrons. The molecule has 0 spiro atoms. The second-order valence-corrected chi connectivity index (χ2v) is 4.63. The molecule has 17 heavy (non-hydrogen) atoms. The molecule has 4 nitrogen and oxygen atoms in total. The van der Waals surface area contributed by atoms with E-state index in [1.807, 2.05) is 24.3 Å². The minimum atomic E-state index is -0.969. The molecule has 0 fully saturated rings. The van der Waals surface area contributed by atoms with E-state index in [0.717, 1.165) is 10.2 Å². The lowest BCUT2D eigenvalue weighted by Crippen LogP contribution is -2.09. The highest BCUT2D eigenvalue weighted by molar-refractivity contribution is 9.10. The summed E-state index contributed by atoms with van der Waals surface area (Å²) in [5.74, 6) is -0.305. The number of carboxylic acids is 1. The number of aromatic carboxylic acids is 1. The maximum Gasteiger partial charge on any atom is 0.354 e. The highest BCUT2D eigenvalue weighted by Gasteiger charge is 2.18. The highest BCUT2D eigenvalue weighted by atomic mass is 79.9. The third kappa shape index (κ3) is 2.10. The molecule has 5 heteroatoms. The molecule has 0 unspecified atom stereocenters. The van der Waals surface area contributed by atoms with Gasteiger partial charge in [-0.25, -0.2) is 9.78 Å². The molecule has 0 saturated heterocycles. The summed E-state index contributed by atoms with van der Waals surface area (Å²) >= 11 is 3.37. The molecule has 0 amide bonds. The van der Waals surface area contributed by atoms with E-state index in [2.05, 4.69) is 20.9 Å². The van der Waals surface area contributed by atoms with E-state index in [4.69, 9.17) is 0 Å². The summed E-state index contributed by atoms with van der Waals surface area (Å²) in [5, 5.41) is 9.22. The largest absolute Gasteiger partial charge is 0.477 e. The average molecular weight is 295 g/mol. The minimum Gasteiger partial charge on any atom is -0.477 e. The highest BCUT2D eigenvalue weighted by Crippen LogP contribution is 2.21. The van der Waals surface area contributed by atoms with Gasteiger partial charge < -0.3 is 5.11 Å². The lowest BCUT2D eigenvalue weighted by Gasteiger charge is -2.08. The van der Waals surface area contributed by atoms with Gasteiger partial charge in [-0.3, -0.25) is 4.57 Å². The fraction of sp³-hybridized carbons (Fsp3) is 0.167. The Kier molecular flexibility index (Phi) is 3.02. The molecule has 0 bridgehead atoms. The van der Waals surface area contributed by atoms with Gasteiger partial charge in [-0.2, -0.15) is 0 Å². The number of benzene rings is 1. The zero-order valence-electron chi connectivity index (χ0n) is 9.44. The van der Waals surface area contributed by atoms with E-state index in [-0.39, 0.29) is 5.69 Å². The first-order valence-corrected chi connectivity index (χ1v) is 5.85. The summed E-state index contributed by atoms with van der Waals surface area (Å²) in [7, 11) is 0. The maximum absolute atomic E-state index is 11.2. The van der Waals surface area contributed by atoms with Crippen LogP contribution in [0.15, 0.2) is 28.7 Å². The van der Waals surface area contributed by atoms with Crippen LogP contribution in [0, 0.1) is 13.8 Å². The van der Waals surface area contributed by atoms with Gasteiger partial charge >= 0.3 is 5.97 Å². The number of nitrogens with zero attached hydrogens (tertiary/aromatic N) is 2. The zero-order valence-corrected chi connectivity index (χ0v) is 11.0. The standard InChI is InChI=1S/C12H11BrN2O2/c1-7-11(12(16)17)15(8(2)14-7)10-5-3-4-9(13)6-10/h3-6H,1-2H3,(H,16,17). The van der Waals surface area contributed by atoms with E-state index in [0.29, 0.717) is 11.5 Å². The first-order chi connectivity index (χ1) is 8.00. The van der Waals surface area contributed by atoms with Crippen LogP contribution in [0.5, 0.6) is 0 Å². The number of carboxylic acid groups (broad SMARTS) is 1. The van der Waals surface area contributed by atoms with Crippen molar-refractivity contribution in [1.29, 1.82) is 0 Å². The predicted octanol–water partition coefficient (Wildman–Crippen LogP) is 2.95. The number of hydrogen-bond donors (Lipinski definition) is 1. The van der Waals surface area contributed by atoms with Gasteiger partial charge in [-0.05, 0) is 32.0 Å². The van der Waals surface area contributed by atoms with Gasteiger partial charge in [0.05, 0.1) is 5.69 Å². The first kappa shape index (κ1) is 11.9. The lowest BCUT2D eigenvalue weighted by atomic mass is 10.3. The number of aromatic nitrogens is 2. The van der Waals surface area contributed by atoms with Crippen molar-refractivity contribution in [2.75, 3.05) is 0 Å². The van der Waals surface area contributed by atoms with Gasteiger partial charge in [0.25, 0.3) is 0 Å². The zero-order chi connectivity index (χ0) is 12.6. The number of carbonyl (C=O) groups is 1. The molecule has 0 atom stereocenters. The SMILES string of the molecule is Cc1nc(C)n(-c2cccc(Br)c2)c1C(=O)O. The van der Waals surface area contributed by atoms with Gasteiger partial charge in [0.2, 0.25) is 0 Å². The van der Waals surface area contributed by atoms with Gasteiger partial charge in [0.15, 0.2) is 5.69 Å². The third-order valence-corrected chi connectivity index (χ3v) is 2.98. The Morgan fingerprint density at radius 1 is 1.41 bits per heavy atom. The van der Waals surface area contributed by atoms with E-state index in [1.165, 1.54) is 0 Å². The van der Waals surface area contributed by atoms with Crippen molar-refractivity contribution < 1.29 is 9.90 Å². The molecule has 0 aliphatic carbocycles. The minimum absolute atomic E-state index is 0.209.